The van der Waals surface area contributed by atoms with Gasteiger partial charge in [0.1, 0.15) is 24.3 Å². The van der Waals surface area contributed by atoms with Gasteiger partial charge in [0.2, 0.25) is 5.91 Å². The molecule has 2 unspecified atom stereocenters. The maximum atomic E-state index is 14.8. The molecule has 3 heterocycles. The number of ether oxygens (including phenoxy) is 1. The molecule has 2 aliphatic rings. The standard InChI is InChI=1S/C18H20F3N7O3/c1-10(29)22-6-12-7-27(18(30)31-12)11-4-13(19)17(14(20)5-11)26-3-2-16(15(21)8-26)28-9-23-24-25-28/h4-5,9,12,15-16H,2-3,6-8H2,1H3,(H,22,29)/t12?,15-,16?/m0/s1. The van der Waals surface area contributed by atoms with Crippen molar-refractivity contribution in [3.8, 4) is 0 Å². The third kappa shape index (κ3) is 4.25. The summed E-state index contributed by atoms with van der Waals surface area (Å²) in [6.07, 6.45) is -1.28. The monoisotopic (exact) mass is 439 g/mol. The summed E-state index contributed by atoms with van der Waals surface area (Å²) in [5.74, 6) is -2.12. The van der Waals surface area contributed by atoms with Gasteiger partial charge in [0.05, 0.1) is 31.4 Å². The second kappa shape index (κ2) is 8.40. The highest BCUT2D eigenvalue weighted by Crippen LogP contribution is 2.34. The lowest BCUT2D eigenvalue weighted by Crippen LogP contribution is -2.43. The number of aromatic nitrogens is 4. The Kier molecular flexibility index (Phi) is 5.65. The summed E-state index contributed by atoms with van der Waals surface area (Å²) >= 11 is 0. The van der Waals surface area contributed by atoms with E-state index in [9.17, 15) is 22.8 Å². The smallest absolute Gasteiger partial charge is 0.414 e. The minimum atomic E-state index is -1.43. The van der Waals surface area contributed by atoms with E-state index in [4.69, 9.17) is 4.74 Å². The molecule has 1 N–H and O–H groups in total. The number of carbonyl (C=O) groups excluding carboxylic acids is 2. The van der Waals surface area contributed by atoms with Gasteiger partial charge in [0, 0.05) is 25.6 Å². The van der Waals surface area contributed by atoms with Crippen LogP contribution in [0, 0.1) is 11.6 Å². The van der Waals surface area contributed by atoms with E-state index in [1.807, 2.05) is 0 Å². The minimum absolute atomic E-state index is 0.0190. The van der Waals surface area contributed by atoms with Crippen molar-refractivity contribution < 1.29 is 27.5 Å². The lowest BCUT2D eigenvalue weighted by atomic mass is 10.0. The second-order valence-corrected chi connectivity index (χ2v) is 7.42. The number of carbonyl (C=O) groups is 2. The van der Waals surface area contributed by atoms with Crippen LogP contribution in [0.5, 0.6) is 0 Å². The van der Waals surface area contributed by atoms with Crippen LogP contribution in [0.4, 0.5) is 29.3 Å². The van der Waals surface area contributed by atoms with Gasteiger partial charge in [-0.2, -0.15) is 0 Å². The van der Waals surface area contributed by atoms with Crippen molar-refractivity contribution in [1.82, 2.24) is 25.5 Å². The summed E-state index contributed by atoms with van der Waals surface area (Å²) in [6, 6.07) is 1.42. The molecule has 0 radical (unpaired) electrons. The van der Waals surface area contributed by atoms with Gasteiger partial charge in [-0.1, -0.05) is 0 Å². The molecule has 2 fully saturated rings. The van der Waals surface area contributed by atoms with E-state index in [1.165, 1.54) is 22.8 Å². The number of tetrazole rings is 1. The van der Waals surface area contributed by atoms with Gasteiger partial charge in [-0.25, -0.2) is 22.6 Å². The van der Waals surface area contributed by atoms with Crippen LogP contribution in [0.25, 0.3) is 0 Å². The summed E-state index contributed by atoms with van der Waals surface area (Å²) in [4.78, 5) is 25.5. The number of alkyl halides is 1. The van der Waals surface area contributed by atoms with Crippen LogP contribution >= 0.6 is 0 Å². The Labute approximate surface area is 174 Å². The van der Waals surface area contributed by atoms with Crippen molar-refractivity contribution in [3.63, 3.8) is 0 Å². The molecule has 2 aromatic rings. The zero-order valence-corrected chi connectivity index (χ0v) is 16.5. The van der Waals surface area contributed by atoms with Crippen molar-refractivity contribution >= 4 is 23.4 Å². The maximum absolute atomic E-state index is 14.8. The first-order chi connectivity index (χ1) is 14.8. The predicted molar refractivity (Wildman–Crippen MR) is 101 cm³/mol. The Morgan fingerprint density at radius 3 is 2.65 bits per heavy atom. The highest BCUT2D eigenvalue weighted by Gasteiger charge is 2.36. The Hall–Kier alpha value is -3.38. The fraction of sp³-hybridized carbons (Fsp3) is 0.500. The number of rotatable bonds is 5. The molecule has 31 heavy (non-hydrogen) atoms. The summed E-state index contributed by atoms with van der Waals surface area (Å²) in [7, 11) is 0. The Balaban J connectivity index is 1.48. The number of amides is 2. The van der Waals surface area contributed by atoms with Crippen molar-refractivity contribution in [1.29, 1.82) is 0 Å². The quantitative estimate of drug-likeness (QED) is 0.746. The molecular formula is C18H20F3N7O3. The predicted octanol–water partition coefficient (Wildman–Crippen LogP) is 1.20. The van der Waals surface area contributed by atoms with Crippen LogP contribution in [0.15, 0.2) is 18.5 Å². The molecule has 2 aliphatic heterocycles. The Morgan fingerprint density at radius 1 is 1.29 bits per heavy atom. The minimum Gasteiger partial charge on any atom is -0.442 e. The van der Waals surface area contributed by atoms with Gasteiger partial charge >= 0.3 is 6.09 Å². The third-order valence-corrected chi connectivity index (χ3v) is 5.29. The molecule has 0 spiro atoms. The van der Waals surface area contributed by atoms with Gasteiger partial charge in [-0.3, -0.25) is 9.69 Å². The van der Waals surface area contributed by atoms with Crippen molar-refractivity contribution in [3.05, 3.63) is 30.1 Å². The van der Waals surface area contributed by atoms with E-state index in [0.29, 0.717) is 0 Å². The lowest BCUT2D eigenvalue weighted by molar-refractivity contribution is -0.119. The van der Waals surface area contributed by atoms with Crippen LogP contribution in [0.2, 0.25) is 0 Å². The van der Waals surface area contributed by atoms with E-state index in [-0.39, 0.29) is 49.9 Å². The van der Waals surface area contributed by atoms with Crippen LogP contribution in [-0.2, 0) is 9.53 Å². The Morgan fingerprint density at radius 2 is 2.03 bits per heavy atom. The van der Waals surface area contributed by atoms with Gasteiger partial charge in [-0.15, -0.1) is 5.10 Å². The number of cyclic esters (lactones) is 1. The second-order valence-electron chi connectivity index (χ2n) is 7.42. The number of nitrogens with zero attached hydrogens (tertiary/aromatic N) is 6. The third-order valence-electron chi connectivity index (χ3n) is 5.29. The molecule has 4 rings (SSSR count). The topological polar surface area (TPSA) is 105 Å². The number of halogens is 3. The first kappa shape index (κ1) is 20.9. The molecule has 0 aliphatic carbocycles. The molecule has 0 saturated carbocycles. The van der Waals surface area contributed by atoms with E-state index in [0.717, 1.165) is 17.0 Å². The lowest BCUT2D eigenvalue weighted by Gasteiger charge is -2.36. The average Bonchev–Trinajstić information content (AvgIpc) is 3.36. The van der Waals surface area contributed by atoms with Gasteiger partial charge in [-0.05, 0) is 16.8 Å². The SMILES string of the molecule is CC(=O)NCC1CN(c2cc(F)c(N3CCC(n4cnnn4)[C@@H](F)C3)c(F)c2)C(=O)O1. The van der Waals surface area contributed by atoms with E-state index >= 15 is 0 Å². The molecule has 13 heteroatoms. The van der Waals surface area contributed by atoms with Crippen LogP contribution in [0.3, 0.4) is 0 Å². The van der Waals surface area contributed by atoms with Crippen LogP contribution in [0.1, 0.15) is 19.4 Å². The molecule has 166 valence electrons. The Bertz CT molecular complexity index is 951. The average molecular weight is 439 g/mol. The number of benzene rings is 1. The van der Waals surface area contributed by atoms with E-state index in [2.05, 4.69) is 20.8 Å². The first-order valence-electron chi connectivity index (χ1n) is 9.66. The molecule has 10 nitrogen and oxygen atoms in total. The molecule has 1 aromatic carbocycles. The molecule has 2 saturated heterocycles. The number of nitrogens with one attached hydrogen (secondary N) is 1. The zero-order chi connectivity index (χ0) is 22.1. The highest BCUT2D eigenvalue weighted by atomic mass is 19.1. The van der Waals surface area contributed by atoms with Crippen molar-refractivity contribution in [2.75, 3.05) is 36.0 Å². The molecule has 3 atom stereocenters. The molecule has 2 amide bonds. The highest BCUT2D eigenvalue weighted by molar-refractivity contribution is 5.90. The van der Waals surface area contributed by atoms with Gasteiger partial charge in [0.25, 0.3) is 0 Å². The normalized spacial score (nSPS) is 23.7. The fourth-order valence-electron chi connectivity index (χ4n) is 3.82. The summed E-state index contributed by atoms with van der Waals surface area (Å²) in [6.45, 7) is 1.41. The number of hydrogen-bond donors (Lipinski definition) is 1. The van der Waals surface area contributed by atoms with E-state index < -0.39 is 36.0 Å². The summed E-state index contributed by atoms with van der Waals surface area (Å²) in [5, 5.41) is 13.2. The van der Waals surface area contributed by atoms with E-state index in [1.54, 1.807) is 0 Å². The van der Waals surface area contributed by atoms with Crippen LogP contribution in [-0.4, -0.2) is 70.7 Å². The zero-order valence-electron chi connectivity index (χ0n) is 16.5. The van der Waals surface area contributed by atoms with Crippen molar-refractivity contribution in [2.24, 2.45) is 0 Å². The fourth-order valence-corrected chi connectivity index (χ4v) is 3.82. The molecule has 0 bridgehead atoms. The van der Waals surface area contributed by atoms with Crippen molar-refractivity contribution in [2.45, 2.75) is 31.7 Å². The number of anilines is 2. The first-order valence-corrected chi connectivity index (χ1v) is 9.66. The van der Waals surface area contributed by atoms with Gasteiger partial charge in [0.15, 0.2) is 11.6 Å². The molecular weight excluding hydrogens is 419 g/mol. The maximum Gasteiger partial charge on any atom is 0.414 e. The number of piperidine rings is 1. The van der Waals surface area contributed by atoms with Gasteiger partial charge < -0.3 is 15.0 Å². The summed E-state index contributed by atoms with van der Waals surface area (Å²) < 4.78 is 50.8. The largest absolute Gasteiger partial charge is 0.442 e. The molecule has 1 aromatic heterocycles. The summed E-state index contributed by atoms with van der Waals surface area (Å²) in [5.41, 5.74) is -0.377. The van der Waals surface area contributed by atoms with Crippen LogP contribution < -0.4 is 15.1 Å². The number of hydrogen-bond acceptors (Lipinski definition) is 7.